The molecule has 0 saturated heterocycles. The molecule has 1 aromatic carbocycles. The van der Waals surface area contributed by atoms with Crippen molar-refractivity contribution in [3.8, 4) is 0 Å². The van der Waals surface area contributed by atoms with E-state index in [1.165, 1.54) is 5.57 Å². The average Bonchev–Trinajstić information content (AvgIpc) is 2.95. The minimum atomic E-state index is -0.517. The van der Waals surface area contributed by atoms with Crippen molar-refractivity contribution in [1.82, 2.24) is 0 Å². The molecule has 2 nitrogen and oxygen atoms in total. The molecule has 1 heterocycles. The molecule has 3 heteroatoms. The Kier molecular flexibility index (Phi) is 5.89. The second-order valence-electron chi connectivity index (χ2n) is 6.69. The summed E-state index contributed by atoms with van der Waals surface area (Å²) in [6.07, 6.45) is 5.67. The van der Waals surface area contributed by atoms with Gasteiger partial charge in [0.05, 0.1) is 10.7 Å². The zero-order chi connectivity index (χ0) is 16.9. The minimum absolute atomic E-state index is 0.149. The number of carbonyl (C=O) groups is 1. The summed E-state index contributed by atoms with van der Waals surface area (Å²) in [5, 5.41) is 2.31. The molecule has 0 aliphatic carbocycles. The number of thioether (sulfide) groups is 1. The van der Waals surface area contributed by atoms with Crippen molar-refractivity contribution < 1.29 is 9.53 Å². The lowest BCUT2D eigenvalue weighted by Gasteiger charge is -2.21. The van der Waals surface area contributed by atoms with Gasteiger partial charge in [-0.3, -0.25) is 4.79 Å². The third kappa shape index (κ3) is 5.14. The Balaban J connectivity index is 2.21. The number of hydrogen-bond donors (Lipinski definition) is 0. The van der Waals surface area contributed by atoms with Crippen LogP contribution in [0.2, 0.25) is 0 Å². The first kappa shape index (κ1) is 17.6. The van der Waals surface area contributed by atoms with Crippen LogP contribution in [0.3, 0.4) is 0 Å². The Labute approximate surface area is 143 Å². The fraction of sp³-hybridized carbons (Fsp3) is 0.350. The highest BCUT2D eigenvalue weighted by Gasteiger charge is 2.29. The maximum atomic E-state index is 12.3. The quantitative estimate of drug-likeness (QED) is 0.401. The van der Waals surface area contributed by atoms with Crippen LogP contribution in [-0.4, -0.2) is 11.2 Å². The van der Waals surface area contributed by atoms with E-state index in [1.807, 2.05) is 63.3 Å². The number of carbonyl (C=O) groups excluding carboxylic acids is 1. The molecule has 1 aliphatic heterocycles. The molecule has 0 radical (unpaired) electrons. The van der Waals surface area contributed by atoms with Gasteiger partial charge in [0.25, 0.3) is 0 Å². The standard InChI is InChI=1S/C20H24O2S/c1-5-9-16-13-18(23-14-16)17(22-19(21)20(2,3)4)12-15-10-7-6-8-11-15/h5-8,10-12,14,18H,1,9,13H2,2-4H3/b17-12-. The third-order valence-corrected chi connectivity index (χ3v) is 4.70. The van der Waals surface area contributed by atoms with Crippen LogP contribution < -0.4 is 0 Å². The SMILES string of the molecule is C=CCC1=CSC(/C(=C/c2ccccc2)OC(=O)C(C)(C)C)C1. The molecule has 0 bridgehead atoms. The molecule has 1 unspecified atom stereocenters. The van der Waals surface area contributed by atoms with Gasteiger partial charge in [-0.05, 0) is 50.7 Å². The number of ether oxygens (including phenoxy) is 1. The number of rotatable bonds is 5. The highest BCUT2D eigenvalue weighted by atomic mass is 32.2. The van der Waals surface area contributed by atoms with Gasteiger partial charge in [0.2, 0.25) is 0 Å². The molecule has 0 amide bonds. The molecular formula is C20H24O2S. The van der Waals surface area contributed by atoms with Gasteiger partial charge in [-0.2, -0.15) is 0 Å². The Bertz CT molecular complexity index is 621. The molecule has 0 fully saturated rings. The van der Waals surface area contributed by atoms with Gasteiger partial charge in [-0.1, -0.05) is 42.0 Å². The van der Waals surface area contributed by atoms with E-state index in [0.717, 1.165) is 24.2 Å². The monoisotopic (exact) mass is 328 g/mol. The zero-order valence-electron chi connectivity index (χ0n) is 14.0. The van der Waals surface area contributed by atoms with Crippen LogP contribution in [0.1, 0.15) is 39.2 Å². The van der Waals surface area contributed by atoms with E-state index < -0.39 is 5.41 Å². The van der Waals surface area contributed by atoms with E-state index >= 15 is 0 Å². The van der Waals surface area contributed by atoms with E-state index in [2.05, 4.69) is 12.0 Å². The summed E-state index contributed by atoms with van der Waals surface area (Å²) in [6.45, 7) is 9.41. The van der Waals surface area contributed by atoms with Crippen LogP contribution in [0.25, 0.3) is 6.08 Å². The van der Waals surface area contributed by atoms with Crippen molar-refractivity contribution in [3.63, 3.8) is 0 Å². The smallest absolute Gasteiger partial charge is 0.316 e. The summed E-state index contributed by atoms with van der Waals surface area (Å²) in [7, 11) is 0. The van der Waals surface area contributed by atoms with Crippen molar-refractivity contribution in [3.05, 3.63) is 65.3 Å². The zero-order valence-corrected chi connectivity index (χ0v) is 14.9. The number of benzene rings is 1. The second-order valence-corrected chi connectivity index (χ2v) is 7.77. The van der Waals surface area contributed by atoms with Crippen LogP contribution >= 0.6 is 11.8 Å². The first-order valence-corrected chi connectivity index (χ1v) is 8.77. The molecule has 0 aromatic heterocycles. The van der Waals surface area contributed by atoms with Crippen molar-refractivity contribution in [2.24, 2.45) is 5.41 Å². The molecule has 0 N–H and O–H groups in total. The highest BCUT2D eigenvalue weighted by molar-refractivity contribution is 8.03. The Morgan fingerprint density at radius 3 is 2.65 bits per heavy atom. The van der Waals surface area contributed by atoms with Crippen LogP contribution in [0, 0.1) is 5.41 Å². The van der Waals surface area contributed by atoms with E-state index in [1.54, 1.807) is 11.8 Å². The van der Waals surface area contributed by atoms with Gasteiger partial charge in [0.15, 0.2) is 0 Å². The van der Waals surface area contributed by atoms with Gasteiger partial charge in [0.1, 0.15) is 5.76 Å². The average molecular weight is 328 g/mol. The molecule has 2 rings (SSSR count). The summed E-state index contributed by atoms with van der Waals surface area (Å²) in [5.41, 5.74) is 1.86. The molecule has 1 aromatic rings. The molecular weight excluding hydrogens is 304 g/mol. The molecule has 0 spiro atoms. The summed E-state index contributed by atoms with van der Waals surface area (Å²) >= 11 is 1.72. The Hall–Kier alpha value is -1.74. The first-order chi connectivity index (χ1) is 10.9. The minimum Gasteiger partial charge on any atom is -0.429 e. The van der Waals surface area contributed by atoms with Crippen LogP contribution in [0.5, 0.6) is 0 Å². The molecule has 0 saturated carbocycles. The van der Waals surface area contributed by atoms with E-state index in [0.29, 0.717) is 0 Å². The molecule has 23 heavy (non-hydrogen) atoms. The maximum Gasteiger partial charge on any atom is 0.316 e. The number of hydrogen-bond acceptors (Lipinski definition) is 3. The second kappa shape index (κ2) is 7.69. The molecule has 122 valence electrons. The van der Waals surface area contributed by atoms with Gasteiger partial charge in [0, 0.05) is 0 Å². The third-order valence-electron chi connectivity index (χ3n) is 3.50. The van der Waals surface area contributed by atoms with Crippen molar-refractivity contribution in [2.45, 2.75) is 38.9 Å². The van der Waals surface area contributed by atoms with Gasteiger partial charge < -0.3 is 4.74 Å². The van der Waals surface area contributed by atoms with Gasteiger partial charge >= 0.3 is 5.97 Å². The molecule has 1 aliphatic rings. The van der Waals surface area contributed by atoms with E-state index in [-0.39, 0.29) is 11.2 Å². The maximum absolute atomic E-state index is 12.3. The highest BCUT2D eigenvalue weighted by Crippen LogP contribution is 2.38. The largest absolute Gasteiger partial charge is 0.429 e. The van der Waals surface area contributed by atoms with Gasteiger partial charge in [-0.15, -0.1) is 18.3 Å². The topological polar surface area (TPSA) is 26.3 Å². The predicted octanol–water partition coefficient (Wildman–Crippen LogP) is 5.58. The molecule has 1 atom stereocenters. The van der Waals surface area contributed by atoms with Crippen LogP contribution in [0.4, 0.5) is 0 Å². The lowest BCUT2D eigenvalue weighted by atomic mass is 9.97. The van der Waals surface area contributed by atoms with Gasteiger partial charge in [-0.25, -0.2) is 0 Å². The summed E-state index contributed by atoms with van der Waals surface area (Å²) in [5.74, 6) is 0.536. The summed E-state index contributed by atoms with van der Waals surface area (Å²) in [4.78, 5) is 12.3. The number of esters is 1. The van der Waals surface area contributed by atoms with Crippen molar-refractivity contribution in [1.29, 1.82) is 0 Å². The van der Waals surface area contributed by atoms with Crippen LogP contribution in [0.15, 0.2) is 59.7 Å². The Morgan fingerprint density at radius 1 is 1.35 bits per heavy atom. The van der Waals surface area contributed by atoms with E-state index in [4.69, 9.17) is 4.74 Å². The van der Waals surface area contributed by atoms with Crippen molar-refractivity contribution in [2.75, 3.05) is 0 Å². The van der Waals surface area contributed by atoms with Crippen molar-refractivity contribution >= 4 is 23.8 Å². The summed E-state index contributed by atoms with van der Waals surface area (Å²) < 4.78 is 5.77. The van der Waals surface area contributed by atoms with Crippen LogP contribution in [-0.2, 0) is 9.53 Å². The predicted molar refractivity (Wildman–Crippen MR) is 98.9 cm³/mol. The Morgan fingerprint density at radius 2 is 2.04 bits per heavy atom. The fourth-order valence-electron chi connectivity index (χ4n) is 2.16. The first-order valence-electron chi connectivity index (χ1n) is 7.83. The fourth-order valence-corrected chi connectivity index (χ4v) is 3.27. The normalized spacial score (nSPS) is 18.5. The summed E-state index contributed by atoms with van der Waals surface area (Å²) in [6, 6.07) is 9.98. The van der Waals surface area contributed by atoms with E-state index in [9.17, 15) is 4.79 Å². The lowest BCUT2D eigenvalue weighted by Crippen LogP contribution is -2.24. The number of allylic oxidation sites excluding steroid dienone is 2. The lowest BCUT2D eigenvalue weighted by molar-refractivity contribution is -0.148.